The molecular weight excluding hydrogens is 304 g/mol. The van der Waals surface area contributed by atoms with E-state index in [0.717, 1.165) is 19.6 Å². The number of aliphatic imine (C=N–C) groups is 1. The third-order valence-corrected chi connectivity index (χ3v) is 5.32. The molecule has 0 aromatic rings. The summed E-state index contributed by atoms with van der Waals surface area (Å²) in [6.45, 7) is 7.83. The summed E-state index contributed by atoms with van der Waals surface area (Å²) >= 11 is 0. The first-order chi connectivity index (χ1) is 12.4. The third kappa shape index (κ3) is 12.2. The maximum atomic E-state index is 4.63. The van der Waals surface area contributed by atoms with Crippen LogP contribution in [0.5, 0.6) is 0 Å². The highest BCUT2D eigenvalue weighted by atomic mass is 15.2. The first kappa shape index (κ1) is 22.3. The quantitative estimate of drug-likeness (QED) is 0.201. The van der Waals surface area contributed by atoms with Crippen molar-refractivity contribution in [1.29, 1.82) is 0 Å². The molecule has 0 spiro atoms. The van der Waals surface area contributed by atoms with E-state index in [1.807, 2.05) is 0 Å². The molecule has 0 unspecified atom stereocenters. The van der Waals surface area contributed by atoms with Crippen LogP contribution in [-0.4, -0.2) is 30.4 Å². The van der Waals surface area contributed by atoms with Crippen LogP contribution in [0.15, 0.2) is 17.1 Å². The van der Waals surface area contributed by atoms with Crippen molar-refractivity contribution < 1.29 is 0 Å². The van der Waals surface area contributed by atoms with Crippen molar-refractivity contribution in [3.05, 3.63) is 12.2 Å². The number of unbranched alkanes of at least 4 members (excludes halogenated alkanes) is 12. The van der Waals surface area contributed by atoms with Gasteiger partial charge in [-0.2, -0.15) is 0 Å². The van der Waals surface area contributed by atoms with Gasteiger partial charge in [0.15, 0.2) is 0 Å². The van der Waals surface area contributed by atoms with E-state index < -0.39 is 0 Å². The topological polar surface area (TPSA) is 15.6 Å². The molecule has 0 atom stereocenters. The fourth-order valence-corrected chi connectivity index (χ4v) is 3.64. The van der Waals surface area contributed by atoms with Crippen LogP contribution in [0.4, 0.5) is 0 Å². The van der Waals surface area contributed by atoms with Crippen molar-refractivity contribution in [2.24, 2.45) is 4.99 Å². The van der Waals surface area contributed by atoms with Crippen LogP contribution in [0, 0.1) is 0 Å². The van der Waals surface area contributed by atoms with Gasteiger partial charge < -0.3 is 4.90 Å². The highest BCUT2D eigenvalue weighted by molar-refractivity contribution is 5.83. The van der Waals surface area contributed by atoms with Crippen molar-refractivity contribution in [2.75, 3.05) is 19.6 Å². The summed E-state index contributed by atoms with van der Waals surface area (Å²) in [5, 5.41) is 0. The zero-order valence-corrected chi connectivity index (χ0v) is 17.3. The Kier molecular flexibility index (Phi) is 14.8. The van der Waals surface area contributed by atoms with Crippen LogP contribution in [0.3, 0.4) is 0 Å². The Bertz CT molecular complexity index is 346. The lowest BCUT2D eigenvalue weighted by atomic mass is 10.1. The first-order valence-electron chi connectivity index (χ1n) is 11.3. The molecule has 0 amide bonds. The van der Waals surface area contributed by atoms with Gasteiger partial charge in [0.25, 0.3) is 0 Å². The molecule has 1 rings (SSSR count). The van der Waals surface area contributed by atoms with E-state index in [0.29, 0.717) is 0 Å². The molecule has 0 bridgehead atoms. The summed E-state index contributed by atoms with van der Waals surface area (Å²) in [6, 6.07) is 0. The lowest BCUT2D eigenvalue weighted by molar-refractivity contribution is 0.470. The van der Waals surface area contributed by atoms with Crippen LogP contribution in [0.1, 0.15) is 110 Å². The summed E-state index contributed by atoms with van der Waals surface area (Å²) in [5.41, 5.74) is 0. The van der Waals surface area contributed by atoms with Crippen molar-refractivity contribution in [2.45, 2.75) is 110 Å². The van der Waals surface area contributed by atoms with E-state index in [1.54, 1.807) is 0 Å². The molecule has 1 aliphatic heterocycles. The Morgan fingerprint density at radius 1 is 0.760 bits per heavy atom. The summed E-state index contributed by atoms with van der Waals surface area (Å²) in [6.07, 6.45) is 25.4. The van der Waals surface area contributed by atoms with Crippen LogP contribution >= 0.6 is 0 Å². The van der Waals surface area contributed by atoms with Crippen LogP contribution < -0.4 is 0 Å². The second-order valence-corrected chi connectivity index (χ2v) is 7.57. The average molecular weight is 349 g/mol. The third-order valence-electron chi connectivity index (χ3n) is 5.32. The normalized spacial score (nSPS) is 14.6. The van der Waals surface area contributed by atoms with Crippen LogP contribution in [0.2, 0.25) is 0 Å². The Morgan fingerprint density at radius 2 is 1.32 bits per heavy atom. The number of nitrogens with zero attached hydrogens (tertiary/aromatic N) is 2. The van der Waals surface area contributed by atoms with Gasteiger partial charge >= 0.3 is 0 Å². The van der Waals surface area contributed by atoms with Crippen molar-refractivity contribution in [1.82, 2.24) is 4.90 Å². The Hall–Kier alpha value is -0.790. The first-order valence-corrected chi connectivity index (χ1v) is 11.3. The lowest BCUT2D eigenvalue weighted by Gasteiger charge is -2.17. The zero-order chi connectivity index (χ0) is 18.0. The predicted octanol–water partition coefficient (Wildman–Crippen LogP) is 7.15. The summed E-state index contributed by atoms with van der Waals surface area (Å²) in [4.78, 5) is 7.07. The van der Waals surface area contributed by atoms with Crippen LogP contribution in [0.25, 0.3) is 0 Å². The Labute approximate surface area is 158 Å². The molecule has 0 saturated carbocycles. The van der Waals surface area contributed by atoms with Gasteiger partial charge in [0, 0.05) is 19.5 Å². The molecule has 0 aromatic heterocycles. The molecule has 0 saturated heterocycles. The fourth-order valence-electron chi connectivity index (χ4n) is 3.64. The molecule has 1 heterocycles. The monoisotopic (exact) mass is 348 g/mol. The number of hydrogen-bond donors (Lipinski definition) is 0. The Morgan fingerprint density at radius 3 is 1.92 bits per heavy atom. The molecule has 0 radical (unpaired) electrons. The summed E-state index contributed by atoms with van der Waals surface area (Å²) < 4.78 is 0. The number of hydrogen-bond acceptors (Lipinski definition) is 2. The van der Waals surface area contributed by atoms with E-state index in [2.05, 4.69) is 35.9 Å². The molecule has 1 aliphatic rings. The van der Waals surface area contributed by atoms with Crippen molar-refractivity contribution in [3.8, 4) is 0 Å². The fraction of sp³-hybridized carbons (Fsp3) is 0.870. The van der Waals surface area contributed by atoms with Crippen molar-refractivity contribution in [3.63, 3.8) is 0 Å². The van der Waals surface area contributed by atoms with Gasteiger partial charge in [0.05, 0.1) is 12.4 Å². The van der Waals surface area contributed by atoms with E-state index >= 15 is 0 Å². The van der Waals surface area contributed by atoms with E-state index in [4.69, 9.17) is 0 Å². The minimum absolute atomic E-state index is 1.02. The number of amidine groups is 1. The summed E-state index contributed by atoms with van der Waals surface area (Å²) in [5.74, 6) is 1.37. The standard InChI is InChI=1S/C23H44N2/c1-3-5-6-7-8-9-10-11-12-13-14-15-16-17-18-19-20-23-24-21-22-25(23)4-2/h11-12H,3-10,13-22H2,1-2H3/b12-11-. The van der Waals surface area contributed by atoms with Gasteiger partial charge in [-0.15, -0.1) is 0 Å². The number of allylic oxidation sites excluding steroid dienone is 2. The maximum absolute atomic E-state index is 4.63. The minimum atomic E-state index is 1.02. The van der Waals surface area contributed by atoms with Gasteiger partial charge in [0.2, 0.25) is 0 Å². The second kappa shape index (κ2) is 16.7. The largest absolute Gasteiger partial charge is 0.359 e. The number of rotatable bonds is 17. The molecule has 0 aromatic carbocycles. The zero-order valence-electron chi connectivity index (χ0n) is 17.3. The predicted molar refractivity (Wildman–Crippen MR) is 114 cm³/mol. The molecule has 2 heteroatoms. The SMILES string of the molecule is CCCCCCCC/C=C\CCCCCCCCC1=NCCN1CC. The second-order valence-electron chi connectivity index (χ2n) is 7.57. The van der Waals surface area contributed by atoms with Gasteiger partial charge in [-0.3, -0.25) is 4.99 Å². The van der Waals surface area contributed by atoms with E-state index in [9.17, 15) is 0 Å². The van der Waals surface area contributed by atoms with Gasteiger partial charge in [0.1, 0.15) is 0 Å². The van der Waals surface area contributed by atoms with Gasteiger partial charge in [-0.1, -0.05) is 76.9 Å². The minimum Gasteiger partial charge on any atom is -0.359 e. The van der Waals surface area contributed by atoms with E-state index in [1.165, 1.54) is 102 Å². The molecule has 0 fully saturated rings. The average Bonchev–Trinajstić information content (AvgIpc) is 3.09. The molecule has 2 nitrogen and oxygen atoms in total. The Balaban J connectivity index is 1.78. The summed E-state index contributed by atoms with van der Waals surface area (Å²) in [7, 11) is 0. The maximum Gasteiger partial charge on any atom is 0.0990 e. The van der Waals surface area contributed by atoms with Crippen molar-refractivity contribution >= 4 is 5.84 Å². The number of likely N-dealkylation sites (N-methyl/N-ethyl adjacent to an activating group) is 1. The van der Waals surface area contributed by atoms with Gasteiger partial charge in [-0.05, 0) is 39.0 Å². The molecule has 25 heavy (non-hydrogen) atoms. The lowest BCUT2D eigenvalue weighted by Crippen LogP contribution is -2.27. The molecule has 0 N–H and O–H groups in total. The highest BCUT2D eigenvalue weighted by Crippen LogP contribution is 2.13. The molecule has 146 valence electrons. The molecule has 0 aliphatic carbocycles. The molecular formula is C23H44N2. The smallest absolute Gasteiger partial charge is 0.0990 e. The van der Waals surface area contributed by atoms with E-state index in [-0.39, 0.29) is 0 Å². The van der Waals surface area contributed by atoms with Gasteiger partial charge in [-0.25, -0.2) is 0 Å². The van der Waals surface area contributed by atoms with Crippen LogP contribution in [-0.2, 0) is 0 Å². The highest BCUT2D eigenvalue weighted by Gasteiger charge is 2.13.